The molecule has 4 rings (SSSR count). The second-order valence-electron chi connectivity index (χ2n) is 7.47. The van der Waals surface area contributed by atoms with E-state index < -0.39 is 0 Å². The van der Waals surface area contributed by atoms with Crippen molar-refractivity contribution in [2.45, 2.75) is 44.6 Å². The standard InChI is InChI=1S/C19H26FN2O2/c20-16-4-1-2-5-17(16)21-10-3-8-19(14-21)9-11-22(18(19)23)15-6-12-24-13-7-15/h1,4-5,15H,2-3,6-14H2/t19-/m1/s1. The van der Waals surface area contributed by atoms with Gasteiger partial charge in [-0.3, -0.25) is 4.79 Å². The van der Waals surface area contributed by atoms with E-state index in [1.165, 1.54) is 0 Å². The quantitative estimate of drug-likeness (QED) is 0.779. The summed E-state index contributed by atoms with van der Waals surface area (Å²) in [5, 5.41) is 0. The molecule has 3 fully saturated rings. The molecule has 0 unspecified atom stereocenters. The average Bonchev–Trinajstić information content (AvgIpc) is 2.92. The van der Waals surface area contributed by atoms with Gasteiger partial charge in [-0.2, -0.15) is 0 Å². The molecule has 1 aliphatic carbocycles. The molecule has 4 aliphatic rings. The zero-order valence-electron chi connectivity index (χ0n) is 14.2. The number of likely N-dealkylation sites (tertiary alicyclic amines) is 2. The third-order valence-corrected chi connectivity index (χ3v) is 6.05. The second-order valence-corrected chi connectivity index (χ2v) is 7.47. The van der Waals surface area contributed by atoms with Crippen LogP contribution in [0.2, 0.25) is 0 Å². The van der Waals surface area contributed by atoms with Gasteiger partial charge in [-0.25, -0.2) is 4.39 Å². The van der Waals surface area contributed by atoms with Gasteiger partial charge in [-0.15, -0.1) is 0 Å². The molecule has 0 aromatic rings. The third-order valence-electron chi connectivity index (χ3n) is 6.05. The Morgan fingerprint density at radius 2 is 2.04 bits per heavy atom. The van der Waals surface area contributed by atoms with E-state index in [2.05, 4.69) is 9.80 Å². The molecule has 3 saturated heterocycles. The maximum atomic E-state index is 14.2. The Morgan fingerprint density at radius 3 is 2.83 bits per heavy atom. The number of carbonyl (C=O) groups excluding carboxylic acids is 1. The summed E-state index contributed by atoms with van der Waals surface area (Å²) in [5.74, 6) is 0.136. The highest BCUT2D eigenvalue weighted by atomic mass is 19.1. The van der Waals surface area contributed by atoms with Gasteiger partial charge >= 0.3 is 0 Å². The molecule has 5 heteroatoms. The fraction of sp³-hybridized carbons (Fsp3) is 0.684. The third kappa shape index (κ3) is 2.77. The molecule has 3 heterocycles. The minimum atomic E-state index is -0.307. The Labute approximate surface area is 143 Å². The van der Waals surface area contributed by atoms with Crippen molar-refractivity contribution in [2.75, 3.05) is 32.8 Å². The van der Waals surface area contributed by atoms with Crippen molar-refractivity contribution in [1.82, 2.24) is 9.80 Å². The summed E-state index contributed by atoms with van der Waals surface area (Å²) in [6.07, 6.45) is 10.8. The predicted molar refractivity (Wildman–Crippen MR) is 89.6 cm³/mol. The normalized spacial score (nSPS) is 32.3. The van der Waals surface area contributed by atoms with Crippen LogP contribution in [0.1, 0.15) is 38.5 Å². The number of piperidine rings is 1. The van der Waals surface area contributed by atoms with E-state index in [9.17, 15) is 9.18 Å². The fourth-order valence-corrected chi connectivity index (χ4v) is 4.72. The van der Waals surface area contributed by atoms with Gasteiger partial charge in [-0.1, -0.05) is 6.08 Å². The SMILES string of the molecule is O=C1N(C2CCOCC2)CC[C@@]12CCCN(C1=CC[CH]C=C1F)C2. The van der Waals surface area contributed by atoms with Gasteiger partial charge < -0.3 is 14.5 Å². The first kappa shape index (κ1) is 16.1. The van der Waals surface area contributed by atoms with Gasteiger partial charge in [0.15, 0.2) is 0 Å². The highest BCUT2D eigenvalue weighted by Gasteiger charge is 2.50. The zero-order valence-corrected chi connectivity index (χ0v) is 14.2. The van der Waals surface area contributed by atoms with E-state index in [-0.39, 0.29) is 11.2 Å². The lowest BCUT2D eigenvalue weighted by Gasteiger charge is -2.42. The largest absolute Gasteiger partial charge is 0.381 e. The van der Waals surface area contributed by atoms with Crippen molar-refractivity contribution in [3.63, 3.8) is 0 Å². The number of carbonyl (C=O) groups is 1. The predicted octanol–water partition coefficient (Wildman–Crippen LogP) is 2.83. The van der Waals surface area contributed by atoms with Crippen molar-refractivity contribution in [3.05, 3.63) is 30.1 Å². The number of allylic oxidation sites excluding steroid dienone is 3. The smallest absolute Gasteiger partial charge is 0.230 e. The van der Waals surface area contributed by atoms with Gasteiger partial charge in [0.2, 0.25) is 5.91 Å². The minimum absolute atomic E-state index is 0.162. The molecule has 3 aliphatic heterocycles. The lowest BCUT2D eigenvalue weighted by molar-refractivity contribution is -0.141. The van der Waals surface area contributed by atoms with Crippen LogP contribution in [0.5, 0.6) is 0 Å². The molecule has 1 spiro atoms. The first-order chi connectivity index (χ1) is 11.7. The maximum absolute atomic E-state index is 14.2. The highest BCUT2D eigenvalue weighted by molar-refractivity contribution is 5.85. The molecule has 0 saturated carbocycles. The molecule has 0 bridgehead atoms. The summed E-state index contributed by atoms with van der Waals surface area (Å²) in [6.45, 7) is 3.88. The van der Waals surface area contributed by atoms with Crippen LogP contribution in [0.3, 0.4) is 0 Å². The van der Waals surface area contributed by atoms with Crippen LogP contribution in [0.4, 0.5) is 4.39 Å². The number of nitrogens with zero attached hydrogens (tertiary/aromatic N) is 2. The Morgan fingerprint density at radius 1 is 1.21 bits per heavy atom. The molecular weight excluding hydrogens is 307 g/mol. The molecule has 131 valence electrons. The highest BCUT2D eigenvalue weighted by Crippen LogP contribution is 2.43. The van der Waals surface area contributed by atoms with Crippen LogP contribution in [0, 0.1) is 11.8 Å². The topological polar surface area (TPSA) is 32.8 Å². The van der Waals surface area contributed by atoms with Crippen LogP contribution < -0.4 is 0 Å². The Bertz CT molecular complexity index is 568. The van der Waals surface area contributed by atoms with E-state index in [1.807, 2.05) is 12.5 Å². The molecule has 24 heavy (non-hydrogen) atoms. The van der Waals surface area contributed by atoms with E-state index in [4.69, 9.17) is 4.74 Å². The van der Waals surface area contributed by atoms with Crippen molar-refractivity contribution >= 4 is 5.91 Å². The Balaban J connectivity index is 1.49. The van der Waals surface area contributed by atoms with Crippen LogP contribution in [0.25, 0.3) is 0 Å². The second kappa shape index (κ2) is 6.51. The van der Waals surface area contributed by atoms with Crippen molar-refractivity contribution in [1.29, 1.82) is 0 Å². The Hall–Kier alpha value is -1.36. The number of halogens is 1. The Kier molecular flexibility index (Phi) is 4.37. The van der Waals surface area contributed by atoms with E-state index in [0.717, 1.165) is 64.8 Å². The number of hydrogen-bond acceptors (Lipinski definition) is 3. The molecule has 1 amide bonds. The minimum Gasteiger partial charge on any atom is -0.381 e. The molecule has 4 nitrogen and oxygen atoms in total. The lowest BCUT2D eigenvalue weighted by Crippen LogP contribution is -2.50. The van der Waals surface area contributed by atoms with Gasteiger partial charge in [0.25, 0.3) is 0 Å². The van der Waals surface area contributed by atoms with Gasteiger partial charge in [0.1, 0.15) is 5.83 Å². The lowest BCUT2D eigenvalue weighted by atomic mass is 9.78. The van der Waals surface area contributed by atoms with Crippen molar-refractivity contribution < 1.29 is 13.9 Å². The number of ether oxygens (including phenoxy) is 1. The molecular formula is C19H26FN2O2. The van der Waals surface area contributed by atoms with Crippen LogP contribution >= 0.6 is 0 Å². The molecule has 1 atom stereocenters. The zero-order chi connectivity index (χ0) is 16.6. The van der Waals surface area contributed by atoms with E-state index in [1.54, 1.807) is 6.08 Å². The van der Waals surface area contributed by atoms with Gasteiger partial charge in [0.05, 0.1) is 11.1 Å². The summed E-state index contributed by atoms with van der Waals surface area (Å²) in [5.41, 5.74) is 0.382. The van der Waals surface area contributed by atoms with Crippen LogP contribution in [0.15, 0.2) is 23.7 Å². The van der Waals surface area contributed by atoms with Crippen LogP contribution in [-0.2, 0) is 9.53 Å². The number of hydrogen-bond donors (Lipinski definition) is 0. The monoisotopic (exact) mass is 333 g/mol. The van der Waals surface area contributed by atoms with Gasteiger partial charge in [0, 0.05) is 38.9 Å². The summed E-state index contributed by atoms with van der Waals surface area (Å²) in [4.78, 5) is 17.4. The maximum Gasteiger partial charge on any atom is 0.230 e. The van der Waals surface area contributed by atoms with E-state index in [0.29, 0.717) is 24.2 Å². The summed E-state index contributed by atoms with van der Waals surface area (Å²) in [7, 11) is 0. The first-order valence-corrected chi connectivity index (χ1v) is 9.23. The summed E-state index contributed by atoms with van der Waals surface area (Å²) in [6, 6.07) is 0.334. The first-order valence-electron chi connectivity index (χ1n) is 9.23. The molecule has 1 radical (unpaired) electrons. The van der Waals surface area contributed by atoms with E-state index >= 15 is 0 Å². The van der Waals surface area contributed by atoms with Gasteiger partial charge in [-0.05, 0) is 51.0 Å². The van der Waals surface area contributed by atoms with Crippen molar-refractivity contribution in [2.24, 2.45) is 5.41 Å². The molecule has 0 aromatic heterocycles. The number of amides is 1. The van der Waals surface area contributed by atoms with Crippen LogP contribution in [-0.4, -0.2) is 54.6 Å². The summed E-state index contributed by atoms with van der Waals surface area (Å²) < 4.78 is 19.6. The van der Waals surface area contributed by atoms with Crippen molar-refractivity contribution in [3.8, 4) is 0 Å². The molecule has 0 N–H and O–H groups in total. The number of rotatable bonds is 2. The average molecular weight is 333 g/mol. The molecule has 0 aromatic carbocycles. The summed E-state index contributed by atoms with van der Waals surface area (Å²) >= 11 is 0. The fourth-order valence-electron chi connectivity index (χ4n) is 4.72.